The number of nitrogens with one attached hydrogen (secondary N) is 5. The molecule has 4 aromatic rings. The summed E-state index contributed by atoms with van der Waals surface area (Å²) in [4.78, 5) is 100. The molecule has 19 heteroatoms. The van der Waals surface area contributed by atoms with Crippen molar-refractivity contribution in [1.29, 1.82) is 0 Å². The lowest BCUT2D eigenvalue weighted by Gasteiger charge is -2.20. The van der Waals surface area contributed by atoms with E-state index >= 15 is 0 Å². The quantitative estimate of drug-likeness (QED) is 0.0603. The zero-order valence-electron chi connectivity index (χ0n) is 31.7. The number of aromatic hydroxyl groups is 2. The van der Waals surface area contributed by atoms with Gasteiger partial charge >= 0.3 is 17.9 Å². The van der Waals surface area contributed by atoms with Gasteiger partial charge in [-0.3, -0.25) is 33.6 Å². The average Bonchev–Trinajstić information content (AvgIpc) is 3.20. The van der Waals surface area contributed by atoms with Crippen LogP contribution in [0.3, 0.4) is 0 Å². The van der Waals surface area contributed by atoms with E-state index in [9.17, 15) is 58.8 Å². The number of anilines is 2. The van der Waals surface area contributed by atoms with Gasteiger partial charge < -0.3 is 57.9 Å². The molecule has 0 radical (unpaired) electrons. The van der Waals surface area contributed by atoms with Crippen LogP contribution in [0.1, 0.15) is 51.1 Å². The highest BCUT2D eigenvalue weighted by molar-refractivity contribution is 6.04. The molecule has 0 bridgehead atoms. The molecule has 4 rings (SSSR count). The summed E-state index contributed by atoms with van der Waals surface area (Å²) in [5.74, 6) is -8.26. The summed E-state index contributed by atoms with van der Waals surface area (Å²) in [5.41, 5.74) is 7.15. The summed E-state index contributed by atoms with van der Waals surface area (Å²) in [6.07, 6.45) is -1.76. The van der Waals surface area contributed by atoms with Crippen LogP contribution < -0.4 is 32.3 Å². The maximum atomic E-state index is 13.7. The van der Waals surface area contributed by atoms with Gasteiger partial charge in [-0.05, 0) is 84.6 Å². The highest BCUT2D eigenvalue weighted by Gasteiger charge is 2.28. The number of hydrogen-bond donors (Lipinski definition) is 11. The highest BCUT2D eigenvalue weighted by atomic mass is 16.4. The summed E-state index contributed by atoms with van der Waals surface area (Å²) in [6.45, 7) is 0. The number of hydrogen-bond acceptors (Lipinski definition) is 11. The van der Waals surface area contributed by atoms with E-state index in [-0.39, 0.29) is 53.3 Å². The van der Waals surface area contributed by atoms with Gasteiger partial charge in [0.15, 0.2) is 0 Å². The van der Waals surface area contributed by atoms with Gasteiger partial charge in [0.05, 0.1) is 12.5 Å². The zero-order chi connectivity index (χ0) is 43.9. The normalized spacial score (nSPS) is 12.7. The Labute approximate surface area is 341 Å². The Kier molecular flexibility index (Phi) is 15.8. The number of nitrogens with two attached hydrogens (primary N) is 1. The van der Waals surface area contributed by atoms with Crippen LogP contribution in [0.4, 0.5) is 11.4 Å². The molecule has 0 saturated heterocycles. The van der Waals surface area contributed by atoms with E-state index in [2.05, 4.69) is 26.6 Å². The Morgan fingerprint density at radius 3 is 1.47 bits per heavy atom. The van der Waals surface area contributed by atoms with Gasteiger partial charge in [0.25, 0.3) is 11.8 Å². The van der Waals surface area contributed by atoms with Crippen molar-refractivity contribution in [2.24, 2.45) is 5.73 Å². The fraction of sp³-hybridized carbons (Fsp3) is 0.220. The largest absolute Gasteiger partial charge is 0.508 e. The van der Waals surface area contributed by atoms with E-state index < -0.39 is 84.5 Å². The number of phenolic OH excluding ortho intramolecular Hbond substituents is 2. The first-order valence-corrected chi connectivity index (χ1v) is 18.2. The summed E-state index contributed by atoms with van der Waals surface area (Å²) >= 11 is 0. The minimum absolute atomic E-state index is 0.00695. The lowest BCUT2D eigenvalue weighted by atomic mass is 10.0. The van der Waals surface area contributed by atoms with Crippen LogP contribution in [-0.4, -0.2) is 97.1 Å². The molecule has 314 valence electrons. The number of carbonyl (C=O) groups excluding carboxylic acids is 5. The van der Waals surface area contributed by atoms with Gasteiger partial charge in [-0.25, -0.2) is 4.79 Å². The van der Waals surface area contributed by atoms with E-state index in [1.807, 2.05) is 0 Å². The molecule has 5 amide bonds. The van der Waals surface area contributed by atoms with Crippen molar-refractivity contribution < 1.29 is 63.9 Å². The fourth-order valence-electron chi connectivity index (χ4n) is 5.66. The van der Waals surface area contributed by atoms with Crippen molar-refractivity contribution in [3.63, 3.8) is 0 Å². The van der Waals surface area contributed by atoms with Gasteiger partial charge in [0, 0.05) is 35.3 Å². The fourth-order valence-corrected chi connectivity index (χ4v) is 5.66. The number of rotatable bonds is 20. The van der Waals surface area contributed by atoms with Crippen molar-refractivity contribution >= 4 is 58.8 Å². The second-order valence-electron chi connectivity index (χ2n) is 13.5. The van der Waals surface area contributed by atoms with Crippen molar-refractivity contribution in [1.82, 2.24) is 16.0 Å². The van der Waals surface area contributed by atoms with Gasteiger partial charge in [-0.1, -0.05) is 36.4 Å². The molecule has 12 N–H and O–H groups in total. The summed E-state index contributed by atoms with van der Waals surface area (Å²) < 4.78 is 0. The third-order valence-electron chi connectivity index (χ3n) is 8.77. The van der Waals surface area contributed by atoms with Crippen molar-refractivity contribution in [2.45, 2.75) is 56.3 Å². The lowest BCUT2D eigenvalue weighted by molar-refractivity contribution is -0.141. The first kappa shape index (κ1) is 44.9. The number of carboxylic acids is 3. The monoisotopic (exact) mass is 826 g/mol. The van der Waals surface area contributed by atoms with E-state index in [1.54, 1.807) is 12.1 Å². The number of aliphatic carboxylic acids is 3. The molecular weight excluding hydrogens is 784 g/mol. The number of amides is 5. The topological polar surface area (TPSA) is 324 Å². The van der Waals surface area contributed by atoms with E-state index in [0.29, 0.717) is 11.1 Å². The molecule has 60 heavy (non-hydrogen) atoms. The smallest absolute Gasteiger partial charge is 0.326 e. The van der Waals surface area contributed by atoms with E-state index in [1.165, 1.54) is 84.9 Å². The molecule has 0 aliphatic heterocycles. The Balaban J connectivity index is 1.48. The number of benzene rings is 4. The standard InChI is InChI=1S/C41H42N6O13/c42-30(17-22-7-11-28(48)12-8-22)38(56)47-33(21-35(52)53)40(58)44-27-6-2-4-25(20-27)37(55)46-32(18-23-9-13-29(49)14-10-23)39(57)43-26-5-1-3-24(19-26)36(54)45-31(41(59)60)15-16-34(50)51/h1-14,19-20,30-33,48-49H,15-18,21,42H2,(H,43,57)(H,44,58)(H,45,54)(H,46,55)(H,47,56)(H,50,51)(H,52,53)(H,59,60)/t30-,31-,32-,33-/m0/s1. The number of phenols is 2. The van der Waals surface area contributed by atoms with Crippen molar-refractivity contribution in [2.75, 3.05) is 10.6 Å². The molecule has 0 heterocycles. The molecular formula is C41H42N6O13. The maximum Gasteiger partial charge on any atom is 0.326 e. The average molecular weight is 827 g/mol. The summed E-state index contributed by atoms with van der Waals surface area (Å²) in [7, 11) is 0. The molecule has 0 aliphatic carbocycles. The van der Waals surface area contributed by atoms with Crippen LogP contribution in [0.2, 0.25) is 0 Å². The van der Waals surface area contributed by atoms with Gasteiger partial charge in [0.2, 0.25) is 17.7 Å². The minimum atomic E-state index is -1.57. The van der Waals surface area contributed by atoms with Crippen LogP contribution in [0.15, 0.2) is 97.1 Å². The lowest BCUT2D eigenvalue weighted by Crippen LogP contribution is -2.51. The predicted octanol–water partition coefficient (Wildman–Crippen LogP) is 1.59. The predicted molar refractivity (Wildman–Crippen MR) is 213 cm³/mol. The van der Waals surface area contributed by atoms with Gasteiger partial charge in [0.1, 0.15) is 29.6 Å². The summed E-state index contributed by atoms with van der Waals surface area (Å²) in [5, 5.41) is 59.4. The molecule has 0 aromatic heterocycles. The molecule has 0 aliphatic rings. The summed E-state index contributed by atoms with van der Waals surface area (Å²) in [6, 6.07) is 17.1. The Morgan fingerprint density at radius 1 is 0.533 bits per heavy atom. The van der Waals surface area contributed by atoms with Gasteiger partial charge in [-0.2, -0.15) is 0 Å². The zero-order valence-corrected chi connectivity index (χ0v) is 31.7. The molecule has 4 aromatic carbocycles. The van der Waals surface area contributed by atoms with Crippen LogP contribution in [0.25, 0.3) is 0 Å². The molecule has 0 spiro atoms. The minimum Gasteiger partial charge on any atom is -0.508 e. The second-order valence-corrected chi connectivity index (χ2v) is 13.5. The Hall–Kier alpha value is -7.80. The second kappa shape index (κ2) is 21.1. The third kappa shape index (κ3) is 14.0. The van der Waals surface area contributed by atoms with E-state index in [4.69, 9.17) is 10.8 Å². The first-order chi connectivity index (χ1) is 28.5. The van der Waals surface area contributed by atoms with Crippen LogP contribution in [0, 0.1) is 0 Å². The first-order valence-electron chi connectivity index (χ1n) is 18.2. The third-order valence-corrected chi connectivity index (χ3v) is 8.77. The Morgan fingerprint density at radius 2 is 1.00 bits per heavy atom. The molecule has 0 unspecified atom stereocenters. The van der Waals surface area contributed by atoms with Crippen molar-refractivity contribution in [3.05, 3.63) is 119 Å². The van der Waals surface area contributed by atoms with Crippen LogP contribution in [-0.2, 0) is 41.6 Å². The molecule has 0 saturated carbocycles. The molecule has 19 nitrogen and oxygen atoms in total. The molecule has 4 atom stereocenters. The van der Waals surface area contributed by atoms with Crippen molar-refractivity contribution in [3.8, 4) is 11.5 Å². The van der Waals surface area contributed by atoms with E-state index in [0.717, 1.165) is 0 Å². The van der Waals surface area contributed by atoms with Gasteiger partial charge in [-0.15, -0.1) is 0 Å². The Bertz CT molecular complexity index is 2230. The van der Waals surface area contributed by atoms with Crippen LogP contribution in [0.5, 0.6) is 11.5 Å². The molecule has 0 fully saturated rings. The number of carboxylic acid groups (broad SMARTS) is 3. The highest BCUT2D eigenvalue weighted by Crippen LogP contribution is 2.17. The van der Waals surface area contributed by atoms with Crippen LogP contribution >= 0.6 is 0 Å². The number of carbonyl (C=O) groups is 8. The maximum absolute atomic E-state index is 13.7. The SMILES string of the molecule is N[C@@H](Cc1ccc(O)cc1)C(=O)N[C@@H](CC(=O)O)C(=O)Nc1cccc(C(=O)N[C@@H](Cc2ccc(O)cc2)C(=O)Nc2cccc(C(=O)N[C@@H](CCC(=O)O)C(=O)O)c2)c1.